The third kappa shape index (κ3) is 3.28. The number of pyridine rings is 1. The molecule has 0 spiro atoms. The molecule has 1 N–H and O–H groups in total. The summed E-state index contributed by atoms with van der Waals surface area (Å²) in [5.74, 6) is 1.40. The monoisotopic (exact) mass is 315 g/mol. The molecule has 0 saturated carbocycles. The lowest BCUT2D eigenvalue weighted by Crippen LogP contribution is -2.31. The van der Waals surface area contributed by atoms with Crippen LogP contribution in [-0.2, 0) is 13.6 Å². The van der Waals surface area contributed by atoms with Gasteiger partial charge in [0.15, 0.2) is 11.5 Å². The van der Waals surface area contributed by atoms with Gasteiger partial charge in [0.25, 0.3) is 0 Å². The van der Waals surface area contributed by atoms with Gasteiger partial charge in [-0.3, -0.25) is 4.79 Å². The van der Waals surface area contributed by atoms with Gasteiger partial charge in [0.05, 0.1) is 5.69 Å². The second kappa shape index (κ2) is 6.04. The molecule has 1 aliphatic rings. The Hall–Kier alpha value is -2.96. The van der Waals surface area contributed by atoms with E-state index in [0.29, 0.717) is 23.7 Å². The number of benzene rings is 1. The van der Waals surface area contributed by atoms with Gasteiger partial charge in [-0.1, -0.05) is 6.07 Å². The second-order valence-corrected chi connectivity index (χ2v) is 5.34. The molecule has 0 radical (unpaired) electrons. The van der Waals surface area contributed by atoms with Crippen molar-refractivity contribution in [2.75, 3.05) is 19.2 Å². The minimum Gasteiger partial charge on any atom is -0.454 e. The zero-order valence-corrected chi connectivity index (χ0v) is 12.9. The summed E-state index contributed by atoms with van der Waals surface area (Å²) >= 11 is 0. The first kappa shape index (κ1) is 15.0. The number of ether oxygens (including phenoxy) is 2. The van der Waals surface area contributed by atoms with E-state index < -0.39 is 0 Å². The van der Waals surface area contributed by atoms with Crippen molar-refractivity contribution >= 4 is 11.7 Å². The number of nitrogens with one attached hydrogen (secondary N) is 1. The van der Waals surface area contributed by atoms with Gasteiger partial charge in [-0.15, -0.1) is 0 Å². The highest BCUT2D eigenvalue weighted by Gasteiger charge is 2.15. The van der Waals surface area contributed by atoms with Crippen molar-refractivity contribution < 1.29 is 14.3 Å². The molecule has 2 heterocycles. The van der Waals surface area contributed by atoms with Crippen LogP contribution in [-0.4, -0.2) is 29.3 Å². The summed E-state index contributed by atoms with van der Waals surface area (Å²) in [5.41, 5.74) is 1.37. The number of amides is 2. The van der Waals surface area contributed by atoms with Crippen LogP contribution in [0.3, 0.4) is 0 Å². The van der Waals surface area contributed by atoms with Gasteiger partial charge in [0.2, 0.25) is 12.4 Å². The summed E-state index contributed by atoms with van der Waals surface area (Å²) in [4.78, 5) is 25.1. The maximum Gasteiger partial charge on any atom is 0.321 e. The second-order valence-electron chi connectivity index (χ2n) is 5.34. The molecule has 7 heteroatoms. The first-order valence-corrected chi connectivity index (χ1v) is 7.10. The zero-order valence-electron chi connectivity index (χ0n) is 12.9. The number of carbonyl (C=O) groups is 1. The fraction of sp³-hybridized carbons (Fsp3) is 0.250. The molecule has 1 aromatic carbocycles. The lowest BCUT2D eigenvalue weighted by Gasteiger charge is -2.18. The minimum absolute atomic E-state index is 0.128. The molecule has 0 aliphatic carbocycles. The van der Waals surface area contributed by atoms with Crippen LogP contribution in [0.15, 0.2) is 41.3 Å². The number of fused-ring (bicyclic) bond motifs is 1. The maximum absolute atomic E-state index is 12.2. The van der Waals surface area contributed by atoms with Crippen LogP contribution in [0.1, 0.15) is 5.56 Å². The van der Waals surface area contributed by atoms with E-state index in [9.17, 15) is 9.59 Å². The highest BCUT2D eigenvalue weighted by molar-refractivity contribution is 5.88. The van der Waals surface area contributed by atoms with Crippen molar-refractivity contribution in [1.82, 2.24) is 9.47 Å². The van der Waals surface area contributed by atoms with Crippen molar-refractivity contribution in [3.63, 3.8) is 0 Å². The van der Waals surface area contributed by atoms with E-state index in [1.807, 2.05) is 18.2 Å². The minimum atomic E-state index is -0.263. The number of aromatic nitrogens is 1. The average Bonchev–Trinajstić information content (AvgIpc) is 2.98. The van der Waals surface area contributed by atoms with Gasteiger partial charge in [0.1, 0.15) is 0 Å². The molecule has 0 unspecified atom stereocenters. The third-order valence-electron chi connectivity index (χ3n) is 3.54. The van der Waals surface area contributed by atoms with Gasteiger partial charge >= 0.3 is 6.03 Å². The van der Waals surface area contributed by atoms with E-state index in [0.717, 1.165) is 5.56 Å². The molecule has 0 atom stereocenters. The fourth-order valence-corrected chi connectivity index (χ4v) is 2.27. The Labute approximate surface area is 133 Å². The molecule has 1 aliphatic heterocycles. The van der Waals surface area contributed by atoms with Crippen LogP contribution < -0.4 is 20.3 Å². The Morgan fingerprint density at radius 1 is 1.26 bits per heavy atom. The summed E-state index contributed by atoms with van der Waals surface area (Å²) < 4.78 is 12.0. The van der Waals surface area contributed by atoms with Gasteiger partial charge in [-0.05, 0) is 23.8 Å². The molecule has 2 amide bonds. The average molecular weight is 315 g/mol. The Balaban J connectivity index is 1.65. The van der Waals surface area contributed by atoms with Crippen molar-refractivity contribution in [3.05, 3.63) is 52.4 Å². The summed E-state index contributed by atoms with van der Waals surface area (Å²) in [6.45, 7) is 0.649. The molecule has 3 rings (SSSR count). The van der Waals surface area contributed by atoms with Crippen LogP contribution in [0.5, 0.6) is 11.5 Å². The molecular weight excluding hydrogens is 298 g/mol. The number of carbonyl (C=O) groups excluding carboxylic acids is 1. The largest absolute Gasteiger partial charge is 0.454 e. The SMILES string of the molecule is CN(Cc1ccc2c(c1)OCO2)C(=O)Nc1ccc(=O)n(C)c1. The molecule has 1 aromatic heterocycles. The van der Waals surface area contributed by atoms with Crippen molar-refractivity contribution in [2.24, 2.45) is 7.05 Å². The van der Waals surface area contributed by atoms with Crippen molar-refractivity contribution in [1.29, 1.82) is 0 Å². The van der Waals surface area contributed by atoms with Gasteiger partial charge < -0.3 is 24.3 Å². The van der Waals surface area contributed by atoms with Crippen LogP contribution in [0.4, 0.5) is 10.5 Å². The first-order valence-electron chi connectivity index (χ1n) is 7.10. The highest BCUT2D eigenvalue weighted by atomic mass is 16.7. The molecule has 2 aromatic rings. The number of aryl methyl sites for hydroxylation is 1. The normalized spacial score (nSPS) is 12.1. The van der Waals surface area contributed by atoms with E-state index in [1.165, 1.54) is 10.6 Å². The Morgan fingerprint density at radius 3 is 2.83 bits per heavy atom. The maximum atomic E-state index is 12.2. The number of anilines is 1. The van der Waals surface area contributed by atoms with Crippen molar-refractivity contribution in [2.45, 2.75) is 6.54 Å². The van der Waals surface area contributed by atoms with Gasteiger partial charge in [-0.25, -0.2) is 4.79 Å². The molecule has 0 bridgehead atoms. The summed E-state index contributed by atoms with van der Waals surface area (Å²) in [6, 6.07) is 8.31. The number of urea groups is 1. The fourth-order valence-electron chi connectivity index (χ4n) is 2.27. The highest BCUT2D eigenvalue weighted by Crippen LogP contribution is 2.32. The summed E-state index contributed by atoms with van der Waals surface area (Å²) in [7, 11) is 3.33. The third-order valence-corrected chi connectivity index (χ3v) is 3.54. The molecular formula is C16H17N3O4. The number of hydrogen-bond donors (Lipinski definition) is 1. The number of rotatable bonds is 3. The lowest BCUT2D eigenvalue weighted by molar-refractivity contribution is 0.174. The first-order chi connectivity index (χ1) is 11.0. The van der Waals surface area contributed by atoms with Crippen LogP contribution >= 0.6 is 0 Å². The Bertz CT molecular complexity index is 800. The quantitative estimate of drug-likeness (QED) is 0.937. The topological polar surface area (TPSA) is 72.8 Å². The van der Waals surface area contributed by atoms with E-state index >= 15 is 0 Å². The molecule has 0 saturated heterocycles. The van der Waals surface area contributed by atoms with Crippen molar-refractivity contribution in [3.8, 4) is 11.5 Å². The number of hydrogen-bond acceptors (Lipinski definition) is 4. The molecule has 7 nitrogen and oxygen atoms in total. The standard InChI is InChI=1S/C16H17N3O4/c1-18-9-12(4-6-15(18)20)17-16(21)19(2)8-11-3-5-13-14(7-11)23-10-22-13/h3-7,9H,8,10H2,1-2H3,(H,17,21). The smallest absolute Gasteiger partial charge is 0.321 e. The van der Waals surface area contributed by atoms with E-state index in [1.54, 1.807) is 31.3 Å². The van der Waals surface area contributed by atoms with Crippen LogP contribution in [0.25, 0.3) is 0 Å². The van der Waals surface area contributed by atoms with Crippen LogP contribution in [0, 0.1) is 0 Å². The summed E-state index contributed by atoms with van der Waals surface area (Å²) in [5, 5.41) is 2.75. The zero-order chi connectivity index (χ0) is 16.4. The van der Waals surface area contributed by atoms with E-state index in [2.05, 4.69) is 5.32 Å². The molecule has 0 fully saturated rings. The van der Waals surface area contributed by atoms with E-state index in [4.69, 9.17) is 9.47 Å². The van der Waals surface area contributed by atoms with E-state index in [-0.39, 0.29) is 18.4 Å². The number of nitrogens with zero attached hydrogens (tertiary/aromatic N) is 2. The molecule has 23 heavy (non-hydrogen) atoms. The van der Waals surface area contributed by atoms with Gasteiger partial charge in [-0.2, -0.15) is 0 Å². The molecule has 120 valence electrons. The predicted molar refractivity (Wildman–Crippen MR) is 84.7 cm³/mol. The van der Waals surface area contributed by atoms with Gasteiger partial charge in [0, 0.05) is 32.9 Å². The Kier molecular flexibility index (Phi) is 3.92. The summed E-state index contributed by atoms with van der Waals surface area (Å²) in [6.07, 6.45) is 1.58. The van der Waals surface area contributed by atoms with Crippen LogP contribution in [0.2, 0.25) is 0 Å². The Morgan fingerprint density at radius 2 is 2.04 bits per heavy atom. The predicted octanol–water partition coefficient (Wildman–Crippen LogP) is 1.78. The lowest BCUT2D eigenvalue weighted by atomic mass is 10.2.